The van der Waals surface area contributed by atoms with Crippen LogP contribution in [-0.4, -0.2) is 16.8 Å². The molecule has 0 aromatic rings. The van der Waals surface area contributed by atoms with Crippen LogP contribution in [-0.2, 0) is 0 Å². The van der Waals surface area contributed by atoms with Crippen LogP contribution in [0.2, 0.25) is 0 Å². The number of hydrogen-bond acceptors (Lipinski definition) is 5. The van der Waals surface area contributed by atoms with Gasteiger partial charge in [-0.2, -0.15) is 4.99 Å². The van der Waals surface area contributed by atoms with E-state index in [0.717, 1.165) is 0 Å². The van der Waals surface area contributed by atoms with Crippen molar-refractivity contribution in [1.82, 2.24) is 0 Å². The van der Waals surface area contributed by atoms with Crippen molar-refractivity contribution in [1.29, 1.82) is 0 Å². The number of rotatable bonds is 1. The van der Waals surface area contributed by atoms with Gasteiger partial charge in [0.05, 0.1) is 0 Å². The third kappa shape index (κ3) is 2.12. The van der Waals surface area contributed by atoms with E-state index in [2.05, 4.69) is 21.6 Å². The molecule has 7 heteroatoms. The number of halogens is 2. The zero-order chi connectivity index (χ0) is 10.7. The van der Waals surface area contributed by atoms with Crippen LogP contribution < -0.4 is 11.5 Å². The minimum absolute atomic E-state index is 0.0379. The fourth-order valence-electron chi connectivity index (χ4n) is 0.829. The lowest BCUT2D eigenvalue weighted by Gasteiger charge is -2.10. The van der Waals surface area contributed by atoms with E-state index in [9.17, 15) is 0 Å². The largest absolute Gasteiger partial charge is 0.388 e. The summed E-state index contributed by atoms with van der Waals surface area (Å²) in [6.07, 6.45) is 1.28. The smallest absolute Gasteiger partial charge is 0.225 e. The molecule has 1 rings (SSSR count). The molecule has 0 saturated heterocycles. The summed E-state index contributed by atoms with van der Waals surface area (Å²) in [6, 6.07) is 0. The quantitative estimate of drug-likeness (QED) is 0.657. The summed E-state index contributed by atoms with van der Waals surface area (Å²) in [5.41, 5.74) is 11.4. The standard InChI is InChI=1S/C7H7Cl2N5/c1-2-12-4-3(5(8)10)13-7(9)14-6(4)11/h2H,1,10H2,(H2,11,13,14)/b5-3+,12-4+. The van der Waals surface area contributed by atoms with E-state index in [1.165, 1.54) is 6.20 Å². The molecule has 0 bridgehead atoms. The molecule has 4 N–H and O–H groups in total. The molecule has 1 aliphatic heterocycles. The Morgan fingerprint density at radius 3 is 2.64 bits per heavy atom. The molecule has 0 amide bonds. The SMILES string of the molecule is C=C/N=C1/C(N)=NC(Cl)=N/C1=C(/N)Cl. The van der Waals surface area contributed by atoms with Crippen molar-refractivity contribution in [2.24, 2.45) is 26.4 Å². The van der Waals surface area contributed by atoms with Crippen LogP contribution in [0, 0.1) is 0 Å². The molecule has 1 aliphatic rings. The fourth-order valence-corrected chi connectivity index (χ4v) is 1.14. The first-order valence-electron chi connectivity index (χ1n) is 3.49. The minimum Gasteiger partial charge on any atom is -0.388 e. The third-order valence-corrected chi connectivity index (χ3v) is 1.68. The molecule has 0 aromatic carbocycles. The van der Waals surface area contributed by atoms with Gasteiger partial charge < -0.3 is 11.5 Å². The molecule has 0 aliphatic carbocycles. The lowest BCUT2D eigenvalue weighted by Crippen LogP contribution is -2.30. The maximum absolute atomic E-state index is 5.58. The molecule has 0 spiro atoms. The van der Waals surface area contributed by atoms with Crippen LogP contribution in [0.5, 0.6) is 0 Å². The van der Waals surface area contributed by atoms with Gasteiger partial charge in [-0.3, -0.25) is 4.99 Å². The third-order valence-electron chi connectivity index (χ3n) is 1.33. The van der Waals surface area contributed by atoms with Crippen LogP contribution in [0.25, 0.3) is 0 Å². The number of hydrogen-bond donors (Lipinski definition) is 2. The molecule has 74 valence electrons. The van der Waals surface area contributed by atoms with Crippen molar-refractivity contribution < 1.29 is 0 Å². The summed E-state index contributed by atoms with van der Waals surface area (Å²) in [7, 11) is 0. The first-order valence-corrected chi connectivity index (χ1v) is 4.25. The van der Waals surface area contributed by atoms with Gasteiger partial charge in [0.15, 0.2) is 5.84 Å². The molecule has 5 nitrogen and oxygen atoms in total. The Bertz CT molecular complexity index is 387. The second-order valence-corrected chi connectivity index (χ2v) is 2.98. The van der Waals surface area contributed by atoms with Crippen molar-refractivity contribution in [2.45, 2.75) is 0 Å². The number of nitrogens with zero attached hydrogens (tertiary/aromatic N) is 3. The van der Waals surface area contributed by atoms with Gasteiger partial charge in [-0.1, -0.05) is 18.2 Å². The van der Waals surface area contributed by atoms with Crippen molar-refractivity contribution in [3.8, 4) is 0 Å². The number of amidine groups is 2. The molecule has 14 heavy (non-hydrogen) atoms. The normalized spacial score (nSPS) is 22.9. The summed E-state index contributed by atoms with van der Waals surface area (Å²) < 4.78 is 0. The zero-order valence-corrected chi connectivity index (χ0v) is 8.55. The van der Waals surface area contributed by atoms with Crippen LogP contribution in [0.1, 0.15) is 0 Å². The van der Waals surface area contributed by atoms with E-state index in [1.807, 2.05) is 0 Å². The van der Waals surface area contributed by atoms with Crippen molar-refractivity contribution in [2.75, 3.05) is 0 Å². The highest BCUT2D eigenvalue weighted by molar-refractivity contribution is 6.69. The van der Waals surface area contributed by atoms with Crippen molar-refractivity contribution in [3.05, 3.63) is 23.6 Å². The fraction of sp³-hybridized carbons (Fsp3) is 0. The molecule has 0 fully saturated rings. The molecular formula is C7H7Cl2N5. The lowest BCUT2D eigenvalue weighted by atomic mass is 10.2. The monoisotopic (exact) mass is 231 g/mol. The average Bonchev–Trinajstić information content (AvgIpc) is 2.09. The Morgan fingerprint density at radius 2 is 2.14 bits per heavy atom. The first kappa shape index (κ1) is 10.7. The van der Waals surface area contributed by atoms with Crippen LogP contribution in [0.4, 0.5) is 0 Å². The lowest BCUT2D eigenvalue weighted by molar-refractivity contribution is 1.32. The van der Waals surface area contributed by atoms with Crippen molar-refractivity contribution >= 4 is 40.0 Å². The summed E-state index contributed by atoms with van der Waals surface area (Å²) in [4.78, 5) is 11.3. The van der Waals surface area contributed by atoms with Crippen LogP contribution in [0.3, 0.4) is 0 Å². The van der Waals surface area contributed by atoms with E-state index in [4.69, 9.17) is 34.7 Å². The average molecular weight is 232 g/mol. The summed E-state index contributed by atoms with van der Waals surface area (Å²) in [5, 5.41) is -0.0919. The second-order valence-electron chi connectivity index (χ2n) is 2.23. The van der Waals surface area contributed by atoms with Gasteiger partial charge in [0.25, 0.3) is 0 Å². The van der Waals surface area contributed by atoms with E-state index in [0.29, 0.717) is 0 Å². The van der Waals surface area contributed by atoms with E-state index in [-0.39, 0.29) is 27.7 Å². The Hall–Kier alpha value is -1.33. The molecular weight excluding hydrogens is 225 g/mol. The van der Waals surface area contributed by atoms with E-state index in [1.54, 1.807) is 0 Å². The number of aliphatic imine (C=N–C) groups is 3. The predicted octanol–water partition coefficient (Wildman–Crippen LogP) is 0.903. The van der Waals surface area contributed by atoms with Gasteiger partial charge in [-0.25, -0.2) is 4.99 Å². The molecule has 0 aromatic heterocycles. The number of nitrogens with two attached hydrogens (primary N) is 2. The van der Waals surface area contributed by atoms with Crippen LogP contribution >= 0.6 is 23.2 Å². The highest BCUT2D eigenvalue weighted by Gasteiger charge is 2.19. The molecule has 0 atom stereocenters. The van der Waals surface area contributed by atoms with Gasteiger partial charge in [0.1, 0.15) is 16.6 Å². The Kier molecular flexibility index (Phi) is 3.27. The summed E-state index contributed by atoms with van der Waals surface area (Å²) in [5.74, 6) is 0.100. The molecule has 1 heterocycles. The molecule has 0 radical (unpaired) electrons. The summed E-state index contributed by atoms with van der Waals surface area (Å²) in [6.45, 7) is 3.42. The highest BCUT2D eigenvalue weighted by atomic mass is 35.5. The van der Waals surface area contributed by atoms with E-state index < -0.39 is 0 Å². The Balaban J connectivity index is 3.31. The maximum Gasteiger partial charge on any atom is 0.225 e. The van der Waals surface area contributed by atoms with Gasteiger partial charge in [0, 0.05) is 6.20 Å². The summed E-state index contributed by atoms with van der Waals surface area (Å²) >= 11 is 11.2. The van der Waals surface area contributed by atoms with E-state index >= 15 is 0 Å². The maximum atomic E-state index is 5.58. The Labute approximate surface area is 90.5 Å². The molecule has 0 unspecified atom stereocenters. The molecule has 0 saturated carbocycles. The Morgan fingerprint density at radius 1 is 1.50 bits per heavy atom. The zero-order valence-electron chi connectivity index (χ0n) is 7.04. The van der Waals surface area contributed by atoms with Gasteiger partial charge >= 0.3 is 0 Å². The van der Waals surface area contributed by atoms with Gasteiger partial charge in [-0.15, -0.1) is 0 Å². The highest BCUT2D eigenvalue weighted by Crippen LogP contribution is 2.14. The first-order chi connectivity index (χ1) is 6.56. The topological polar surface area (TPSA) is 89.1 Å². The second kappa shape index (κ2) is 4.26. The minimum atomic E-state index is -0.0541. The van der Waals surface area contributed by atoms with Crippen molar-refractivity contribution in [3.63, 3.8) is 0 Å². The van der Waals surface area contributed by atoms with Crippen LogP contribution in [0.15, 0.2) is 38.6 Å². The van der Waals surface area contributed by atoms with Gasteiger partial charge in [-0.05, 0) is 11.6 Å². The van der Waals surface area contributed by atoms with Gasteiger partial charge in [0.2, 0.25) is 5.29 Å². The predicted molar refractivity (Wildman–Crippen MR) is 59.6 cm³/mol.